The van der Waals surface area contributed by atoms with E-state index in [1.54, 1.807) is 19.1 Å². The number of anilines is 1. The zero-order valence-corrected chi connectivity index (χ0v) is 16.9. The van der Waals surface area contributed by atoms with Crippen molar-refractivity contribution in [3.63, 3.8) is 0 Å². The SMILES string of the molecule is CCOc1cc(NC(=O)C2CC(c3ccc(Cl)c(Cl)c3)NN2)ccc1OC(F)F. The summed E-state index contributed by atoms with van der Waals surface area (Å²) in [7, 11) is 0. The van der Waals surface area contributed by atoms with Crippen molar-refractivity contribution >= 4 is 34.8 Å². The first-order chi connectivity index (χ1) is 13.9. The predicted octanol–water partition coefficient (Wildman–Crippen LogP) is 4.54. The number of ether oxygens (including phenoxy) is 2. The van der Waals surface area contributed by atoms with Crippen LogP contribution in [0.2, 0.25) is 10.0 Å². The molecule has 156 valence electrons. The molecule has 0 saturated carbocycles. The fraction of sp³-hybridized carbons (Fsp3) is 0.316. The van der Waals surface area contributed by atoms with E-state index in [0.717, 1.165) is 5.56 Å². The second-order valence-corrected chi connectivity index (χ2v) is 7.08. The van der Waals surface area contributed by atoms with Crippen molar-refractivity contribution in [1.82, 2.24) is 10.9 Å². The highest BCUT2D eigenvalue weighted by Crippen LogP contribution is 2.33. The van der Waals surface area contributed by atoms with Crippen LogP contribution in [-0.2, 0) is 4.79 Å². The Kier molecular flexibility index (Phi) is 7.13. The summed E-state index contributed by atoms with van der Waals surface area (Å²) in [5.41, 5.74) is 7.30. The Labute approximate surface area is 176 Å². The summed E-state index contributed by atoms with van der Waals surface area (Å²) < 4.78 is 34.7. The topological polar surface area (TPSA) is 71.6 Å². The maximum atomic E-state index is 12.6. The van der Waals surface area contributed by atoms with Gasteiger partial charge < -0.3 is 14.8 Å². The molecule has 0 aliphatic carbocycles. The number of carbonyl (C=O) groups is 1. The molecule has 3 rings (SSSR count). The number of rotatable bonds is 7. The molecule has 1 aliphatic heterocycles. The van der Waals surface area contributed by atoms with Crippen LogP contribution >= 0.6 is 23.2 Å². The number of benzene rings is 2. The summed E-state index contributed by atoms with van der Waals surface area (Å²) in [5.74, 6) is -0.262. The molecule has 2 atom stereocenters. The molecule has 1 saturated heterocycles. The molecule has 2 unspecified atom stereocenters. The fourth-order valence-electron chi connectivity index (χ4n) is 2.95. The summed E-state index contributed by atoms with van der Waals surface area (Å²) in [6, 6.07) is 8.89. The van der Waals surface area contributed by atoms with Crippen LogP contribution in [0.3, 0.4) is 0 Å². The lowest BCUT2D eigenvalue weighted by molar-refractivity contribution is -0.117. The van der Waals surface area contributed by atoms with Crippen LogP contribution in [0.5, 0.6) is 11.5 Å². The van der Waals surface area contributed by atoms with E-state index >= 15 is 0 Å². The van der Waals surface area contributed by atoms with Gasteiger partial charge in [-0.05, 0) is 43.2 Å². The smallest absolute Gasteiger partial charge is 0.387 e. The van der Waals surface area contributed by atoms with Gasteiger partial charge in [0.15, 0.2) is 11.5 Å². The minimum atomic E-state index is -2.97. The lowest BCUT2D eigenvalue weighted by atomic mass is 10.0. The van der Waals surface area contributed by atoms with Gasteiger partial charge in [-0.25, -0.2) is 10.9 Å². The van der Waals surface area contributed by atoms with Crippen LogP contribution < -0.4 is 25.6 Å². The lowest BCUT2D eigenvalue weighted by Crippen LogP contribution is -2.39. The number of halogens is 4. The van der Waals surface area contributed by atoms with E-state index in [2.05, 4.69) is 20.9 Å². The van der Waals surface area contributed by atoms with Crippen LogP contribution in [0.4, 0.5) is 14.5 Å². The zero-order chi connectivity index (χ0) is 21.0. The Bertz CT molecular complexity index is 886. The van der Waals surface area contributed by atoms with E-state index in [1.807, 2.05) is 6.07 Å². The molecule has 0 spiro atoms. The van der Waals surface area contributed by atoms with Crippen molar-refractivity contribution in [1.29, 1.82) is 0 Å². The molecule has 0 radical (unpaired) electrons. The molecule has 10 heteroatoms. The molecule has 1 fully saturated rings. The molecule has 1 heterocycles. The number of alkyl halides is 2. The summed E-state index contributed by atoms with van der Waals surface area (Å²) in [6.45, 7) is -0.993. The molecule has 1 amide bonds. The molecule has 3 N–H and O–H groups in total. The van der Waals surface area contributed by atoms with E-state index < -0.39 is 12.7 Å². The third-order valence-electron chi connectivity index (χ3n) is 4.29. The number of hydrogen-bond acceptors (Lipinski definition) is 5. The molecule has 29 heavy (non-hydrogen) atoms. The molecular weight excluding hydrogens is 427 g/mol. The van der Waals surface area contributed by atoms with Gasteiger partial charge in [0.25, 0.3) is 0 Å². The predicted molar refractivity (Wildman–Crippen MR) is 107 cm³/mol. The second kappa shape index (κ2) is 9.58. The lowest BCUT2D eigenvalue weighted by Gasteiger charge is -2.15. The quantitative estimate of drug-likeness (QED) is 0.583. The average molecular weight is 446 g/mol. The average Bonchev–Trinajstić information content (AvgIpc) is 3.16. The van der Waals surface area contributed by atoms with Gasteiger partial charge in [-0.1, -0.05) is 29.3 Å². The van der Waals surface area contributed by atoms with E-state index in [-0.39, 0.29) is 30.1 Å². The molecule has 2 aromatic carbocycles. The Morgan fingerprint density at radius 2 is 1.97 bits per heavy atom. The molecule has 6 nitrogen and oxygen atoms in total. The van der Waals surface area contributed by atoms with Gasteiger partial charge in [0.1, 0.15) is 6.04 Å². The van der Waals surface area contributed by atoms with E-state index in [0.29, 0.717) is 22.2 Å². The Morgan fingerprint density at radius 3 is 2.66 bits per heavy atom. The normalized spacial score (nSPS) is 18.7. The van der Waals surface area contributed by atoms with Crippen molar-refractivity contribution in [3.05, 3.63) is 52.0 Å². The molecule has 0 bridgehead atoms. The minimum absolute atomic E-state index is 0.0970. The highest BCUT2D eigenvalue weighted by atomic mass is 35.5. The second-order valence-electron chi connectivity index (χ2n) is 6.27. The number of carbonyl (C=O) groups excluding carboxylic acids is 1. The maximum Gasteiger partial charge on any atom is 0.387 e. The standard InChI is InChI=1S/C19H19Cl2F2N3O3/c1-2-28-17-8-11(4-6-16(17)29-19(22)23)24-18(27)15-9-14(25-26-15)10-3-5-12(20)13(21)7-10/h3-8,14-15,19,25-26H,2,9H2,1H3,(H,24,27). The Hall–Kier alpha value is -2.13. The van der Waals surface area contributed by atoms with E-state index in [9.17, 15) is 13.6 Å². The van der Waals surface area contributed by atoms with Crippen molar-refractivity contribution in [2.45, 2.75) is 32.0 Å². The van der Waals surface area contributed by atoms with Crippen LogP contribution in [0.25, 0.3) is 0 Å². The van der Waals surface area contributed by atoms with Gasteiger partial charge >= 0.3 is 6.61 Å². The summed E-state index contributed by atoms with van der Waals surface area (Å²) >= 11 is 12.0. The molecule has 1 aliphatic rings. The third-order valence-corrected chi connectivity index (χ3v) is 5.03. The molecule has 2 aromatic rings. The van der Waals surface area contributed by atoms with Gasteiger partial charge in [-0.2, -0.15) is 8.78 Å². The van der Waals surface area contributed by atoms with Crippen molar-refractivity contribution in [2.24, 2.45) is 0 Å². The van der Waals surface area contributed by atoms with Gasteiger partial charge in [0.2, 0.25) is 5.91 Å². The summed E-state index contributed by atoms with van der Waals surface area (Å²) in [6.07, 6.45) is 0.481. The third kappa shape index (κ3) is 5.48. The van der Waals surface area contributed by atoms with Gasteiger partial charge in [-0.3, -0.25) is 4.79 Å². The number of amides is 1. The molecular formula is C19H19Cl2F2N3O3. The van der Waals surface area contributed by atoms with Gasteiger partial charge in [0, 0.05) is 17.8 Å². The number of hydrazine groups is 1. The van der Waals surface area contributed by atoms with Gasteiger partial charge in [-0.15, -0.1) is 0 Å². The Balaban J connectivity index is 1.65. The van der Waals surface area contributed by atoms with Crippen molar-refractivity contribution < 1.29 is 23.0 Å². The van der Waals surface area contributed by atoms with E-state index in [1.165, 1.54) is 18.2 Å². The van der Waals surface area contributed by atoms with Crippen LogP contribution in [0.1, 0.15) is 24.9 Å². The number of nitrogens with one attached hydrogen (secondary N) is 3. The maximum absolute atomic E-state index is 12.6. The number of hydrogen-bond donors (Lipinski definition) is 3. The van der Waals surface area contributed by atoms with Crippen molar-refractivity contribution in [3.8, 4) is 11.5 Å². The van der Waals surface area contributed by atoms with Crippen LogP contribution in [-0.4, -0.2) is 25.2 Å². The minimum Gasteiger partial charge on any atom is -0.490 e. The monoisotopic (exact) mass is 445 g/mol. The summed E-state index contributed by atoms with van der Waals surface area (Å²) in [5, 5.41) is 3.64. The summed E-state index contributed by atoms with van der Waals surface area (Å²) in [4.78, 5) is 12.6. The van der Waals surface area contributed by atoms with Gasteiger partial charge in [0.05, 0.1) is 16.7 Å². The fourth-order valence-corrected chi connectivity index (χ4v) is 3.26. The highest BCUT2D eigenvalue weighted by molar-refractivity contribution is 6.42. The largest absolute Gasteiger partial charge is 0.490 e. The van der Waals surface area contributed by atoms with Crippen LogP contribution in [0, 0.1) is 0 Å². The van der Waals surface area contributed by atoms with Crippen molar-refractivity contribution in [2.75, 3.05) is 11.9 Å². The first kappa shape index (κ1) is 21.6. The molecule has 0 aromatic heterocycles. The Morgan fingerprint density at radius 1 is 1.17 bits per heavy atom. The van der Waals surface area contributed by atoms with E-state index in [4.69, 9.17) is 27.9 Å². The zero-order valence-electron chi connectivity index (χ0n) is 15.3. The first-order valence-corrected chi connectivity index (χ1v) is 9.61. The first-order valence-electron chi connectivity index (χ1n) is 8.86. The highest BCUT2D eigenvalue weighted by Gasteiger charge is 2.30. The van der Waals surface area contributed by atoms with Crippen LogP contribution in [0.15, 0.2) is 36.4 Å².